The van der Waals surface area contributed by atoms with E-state index in [4.69, 9.17) is 4.74 Å². The molecule has 4 rings (SSSR count). The summed E-state index contributed by atoms with van der Waals surface area (Å²) in [6.45, 7) is 1.87. The van der Waals surface area contributed by atoms with E-state index in [9.17, 15) is 4.79 Å². The minimum absolute atomic E-state index is 0.0608. The van der Waals surface area contributed by atoms with Crippen molar-refractivity contribution in [3.63, 3.8) is 0 Å². The number of aromatic nitrogens is 2. The lowest BCUT2D eigenvalue weighted by Crippen LogP contribution is -2.22. The van der Waals surface area contributed by atoms with E-state index >= 15 is 0 Å². The van der Waals surface area contributed by atoms with Crippen molar-refractivity contribution in [1.82, 2.24) is 9.97 Å². The van der Waals surface area contributed by atoms with Gasteiger partial charge in [-0.1, -0.05) is 48.2 Å². The molecule has 1 aromatic heterocycles. The number of benzene rings is 3. The second kappa shape index (κ2) is 7.32. The van der Waals surface area contributed by atoms with Crippen molar-refractivity contribution < 1.29 is 9.53 Å². The zero-order valence-electron chi connectivity index (χ0n) is 15.0. The number of hydrogen-bond acceptors (Lipinski definition) is 4. The Bertz CT molecular complexity index is 1120. The smallest absolute Gasteiger partial charge is 0.237 e. The molecule has 5 nitrogen and oxygen atoms in total. The molecule has 0 fully saturated rings. The lowest BCUT2D eigenvalue weighted by atomic mass is 10.1. The van der Waals surface area contributed by atoms with Crippen LogP contribution in [0.5, 0.6) is 5.75 Å². The van der Waals surface area contributed by atoms with Gasteiger partial charge < -0.3 is 15.0 Å². The summed E-state index contributed by atoms with van der Waals surface area (Å²) < 4.78 is 5.23. The Morgan fingerprint density at radius 3 is 2.81 bits per heavy atom. The predicted octanol–water partition coefficient (Wildman–Crippen LogP) is 4.84. The Morgan fingerprint density at radius 2 is 1.96 bits per heavy atom. The number of carbonyl (C=O) groups excluding carboxylic acids is 1. The Hall–Kier alpha value is -2.99. The van der Waals surface area contributed by atoms with Crippen LogP contribution in [-0.4, -0.2) is 28.2 Å². The number of thioether (sulfide) groups is 1. The molecule has 1 atom stereocenters. The third-order valence-electron chi connectivity index (χ3n) is 4.37. The highest BCUT2D eigenvalue weighted by molar-refractivity contribution is 8.00. The Morgan fingerprint density at radius 1 is 1.15 bits per heavy atom. The molecule has 27 heavy (non-hydrogen) atoms. The van der Waals surface area contributed by atoms with Crippen LogP contribution in [0.15, 0.2) is 65.8 Å². The van der Waals surface area contributed by atoms with E-state index in [1.165, 1.54) is 11.8 Å². The van der Waals surface area contributed by atoms with Gasteiger partial charge in [0.15, 0.2) is 5.16 Å². The summed E-state index contributed by atoms with van der Waals surface area (Å²) in [5.74, 6) is 0.707. The number of methoxy groups -OCH3 is 1. The van der Waals surface area contributed by atoms with E-state index in [2.05, 4.69) is 15.3 Å². The fourth-order valence-electron chi connectivity index (χ4n) is 2.94. The highest BCUT2D eigenvalue weighted by Gasteiger charge is 2.17. The maximum atomic E-state index is 12.7. The standard InChI is InChI=1S/C21H19N3O2S/c1-13(27-21-23-18-11-10-15(26-2)12-19(18)24-21)20(25)22-17-9-5-7-14-6-3-4-8-16(14)17/h3-13H,1-2H3,(H,22,25)(H,23,24)/t13-/m1/s1. The summed E-state index contributed by atoms with van der Waals surface area (Å²) in [4.78, 5) is 20.5. The third kappa shape index (κ3) is 3.61. The van der Waals surface area contributed by atoms with Gasteiger partial charge in [0, 0.05) is 17.1 Å². The number of anilines is 1. The number of fused-ring (bicyclic) bond motifs is 2. The van der Waals surface area contributed by atoms with Crippen LogP contribution in [0, 0.1) is 0 Å². The number of ether oxygens (including phenoxy) is 1. The van der Waals surface area contributed by atoms with Gasteiger partial charge >= 0.3 is 0 Å². The molecule has 136 valence electrons. The molecule has 0 aliphatic heterocycles. The van der Waals surface area contributed by atoms with Gasteiger partial charge in [0.05, 0.1) is 23.4 Å². The Kier molecular flexibility index (Phi) is 4.73. The number of hydrogen-bond donors (Lipinski definition) is 2. The third-order valence-corrected chi connectivity index (χ3v) is 5.36. The first kappa shape index (κ1) is 17.4. The molecule has 0 saturated carbocycles. The first-order valence-electron chi connectivity index (χ1n) is 8.63. The zero-order chi connectivity index (χ0) is 18.8. The van der Waals surface area contributed by atoms with Gasteiger partial charge in [-0.3, -0.25) is 4.79 Å². The molecule has 2 N–H and O–H groups in total. The van der Waals surface area contributed by atoms with Gasteiger partial charge in [0.2, 0.25) is 5.91 Å². The summed E-state index contributed by atoms with van der Waals surface area (Å²) in [6.07, 6.45) is 0. The van der Waals surface area contributed by atoms with Crippen LogP contribution >= 0.6 is 11.8 Å². The highest BCUT2D eigenvalue weighted by Crippen LogP contribution is 2.28. The van der Waals surface area contributed by atoms with Gasteiger partial charge in [-0.2, -0.15) is 0 Å². The molecule has 4 aromatic rings. The van der Waals surface area contributed by atoms with Gasteiger partial charge in [-0.05, 0) is 30.5 Å². The lowest BCUT2D eigenvalue weighted by molar-refractivity contribution is -0.115. The van der Waals surface area contributed by atoms with E-state index in [1.807, 2.05) is 67.6 Å². The van der Waals surface area contributed by atoms with Crippen molar-refractivity contribution in [2.24, 2.45) is 0 Å². The van der Waals surface area contributed by atoms with Crippen LogP contribution in [0.1, 0.15) is 6.92 Å². The fourth-order valence-corrected chi connectivity index (χ4v) is 3.76. The minimum atomic E-state index is -0.300. The highest BCUT2D eigenvalue weighted by atomic mass is 32.2. The largest absolute Gasteiger partial charge is 0.497 e. The molecule has 0 spiro atoms. The van der Waals surface area contributed by atoms with Crippen molar-refractivity contribution in [2.45, 2.75) is 17.3 Å². The zero-order valence-corrected chi connectivity index (χ0v) is 15.8. The van der Waals surface area contributed by atoms with Crippen LogP contribution in [0.25, 0.3) is 21.8 Å². The summed E-state index contributed by atoms with van der Waals surface area (Å²) in [5.41, 5.74) is 2.55. The van der Waals surface area contributed by atoms with E-state index in [-0.39, 0.29) is 11.2 Å². The monoisotopic (exact) mass is 377 g/mol. The minimum Gasteiger partial charge on any atom is -0.497 e. The lowest BCUT2D eigenvalue weighted by Gasteiger charge is -2.12. The number of H-pyrrole nitrogens is 1. The average Bonchev–Trinajstić information content (AvgIpc) is 3.09. The van der Waals surface area contributed by atoms with Crippen LogP contribution in [0.4, 0.5) is 5.69 Å². The molecular formula is C21H19N3O2S. The second-order valence-corrected chi connectivity index (χ2v) is 7.53. The van der Waals surface area contributed by atoms with Crippen molar-refractivity contribution >= 4 is 45.2 Å². The van der Waals surface area contributed by atoms with Crippen LogP contribution in [0.2, 0.25) is 0 Å². The van der Waals surface area contributed by atoms with E-state index in [0.717, 1.165) is 33.2 Å². The topological polar surface area (TPSA) is 67.0 Å². The van der Waals surface area contributed by atoms with Crippen LogP contribution in [0.3, 0.4) is 0 Å². The Balaban J connectivity index is 1.50. The van der Waals surface area contributed by atoms with E-state index in [0.29, 0.717) is 5.16 Å². The van der Waals surface area contributed by atoms with E-state index in [1.54, 1.807) is 7.11 Å². The first-order chi connectivity index (χ1) is 13.1. The quantitative estimate of drug-likeness (QED) is 0.488. The van der Waals surface area contributed by atoms with Gasteiger partial charge in [-0.15, -0.1) is 0 Å². The molecule has 0 unspecified atom stereocenters. The molecule has 6 heteroatoms. The van der Waals surface area contributed by atoms with E-state index < -0.39 is 0 Å². The van der Waals surface area contributed by atoms with Crippen molar-refractivity contribution in [3.8, 4) is 5.75 Å². The fraction of sp³-hybridized carbons (Fsp3) is 0.143. The van der Waals surface area contributed by atoms with Gasteiger partial charge in [0.25, 0.3) is 0 Å². The number of imidazole rings is 1. The second-order valence-electron chi connectivity index (χ2n) is 6.20. The maximum Gasteiger partial charge on any atom is 0.237 e. The number of amides is 1. The van der Waals surface area contributed by atoms with Crippen molar-refractivity contribution in [2.75, 3.05) is 12.4 Å². The van der Waals surface area contributed by atoms with Crippen LogP contribution < -0.4 is 10.1 Å². The molecule has 0 bridgehead atoms. The molecular weight excluding hydrogens is 358 g/mol. The maximum absolute atomic E-state index is 12.7. The molecule has 0 saturated heterocycles. The summed E-state index contributed by atoms with van der Waals surface area (Å²) >= 11 is 1.40. The first-order valence-corrected chi connectivity index (χ1v) is 9.51. The molecule has 0 aliphatic rings. The number of nitrogens with zero attached hydrogens (tertiary/aromatic N) is 1. The number of carbonyl (C=O) groups is 1. The number of nitrogens with one attached hydrogen (secondary N) is 2. The molecule has 1 amide bonds. The predicted molar refractivity (Wildman–Crippen MR) is 111 cm³/mol. The SMILES string of the molecule is COc1ccc2nc(S[C@H](C)C(=O)Nc3cccc4ccccc34)[nH]c2c1. The Labute approximate surface area is 161 Å². The molecule has 1 heterocycles. The average molecular weight is 377 g/mol. The van der Waals surface area contributed by atoms with Gasteiger partial charge in [0.1, 0.15) is 5.75 Å². The van der Waals surface area contributed by atoms with Crippen molar-refractivity contribution in [3.05, 3.63) is 60.7 Å². The van der Waals surface area contributed by atoms with Crippen LogP contribution in [-0.2, 0) is 4.79 Å². The molecule has 0 radical (unpaired) electrons. The number of rotatable bonds is 5. The summed E-state index contributed by atoms with van der Waals surface area (Å²) in [6, 6.07) is 19.6. The van der Waals surface area contributed by atoms with Crippen molar-refractivity contribution in [1.29, 1.82) is 0 Å². The summed E-state index contributed by atoms with van der Waals surface area (Å²) in [5, 5.41) is 5.57. The molecule has 0 aliphatic carbocycles. The van der Waals surface area contributed by atoms with Gasteiger partial charge in [-0.25, -0.2) is 4.98 Å². The summed E-state index contributed by atoms with van der Waals surface area (Å²) in [7, 11) is 1.63. The number of aromatic amines is 1. The normalized spacial score (nSPS) is 12.2. The molecule has 3 aromatic carbocycles.